The Hall–Kier alpha value is -3.83. The molecule has 2 atom stereocenters. The Bertz CT molecular complexity index is 1230. The molecule has 1 aliphatic rings. The summed E-state index contributed by atoms with van der Waals surface area (Å²) in [5.74, 6) is 7.03. The van der Waals surface area contributed by atoms with Gasteiger partial charge in [-0.05, 0) is 70.6 Å². The van der Waals surface area contributed by atoms with Crippen molar-refractivity contribution in [3.05, 3.63) is 54.4 Å². The van der Waals surface area contributed by atoms with Crippen LogP contribution in [0, 0.1) is 11.8 Å². The van der Waals surface area contributed by atoms with Gasteiger partial charge in [0.15, 0.2) is 5.82 Å². The highest BCUT2D eigenvalue weighted by Crippen LogP contribution is 2.32. The van der Waals surface area contributed by atoms with Gasteiger partial charge in [0.1, 0.15) is 11.4 Å². The number of hydrogen-bond donors (Lipinski definition) is 2. The van der Waals surface area contributed by atoms with E-state index in [-0.39, 0.29) is 11.8 Å². The van der Waals surface area contributed by atoms with Crippen molar-refractivity contribution in [3.8, 4) is 28.8 Å². The molecule has 8 nitrogen and oxygen atoms in total. The highest BCUT2D eigenvalue weighted by molar-refractivity contribution is 5.74. The lowest BCUT2D eigenvalue weighted by Gasteiger charge is -2.29. The van der Waals surface area contributed by atoms with Crippen LogP contribution in [0.4, 0.5) is 17.2 Å². The fourth-order valence-corrected chi connectivity index (χ4v) is 4.12. The zero-order valence-corrected chi connectivity index (χ0v) is 20.8. The predicted molar refractivity (Wildman–Crippen MR) is 141 cm³/mol. The average Bonchev–Trinajstić information content (AvgIpc) is 3.05. The van der Waals surface area contributed by atoms with E-state index >= 15 is 0 Å². The van der Waals surface area contributed by atoms with E-state index in [1.807, 2.05) is 44.6 Å². The highest BCUT2D eigenvalue weighted by atomic mass is 16.3. The molecule has 2 aromatic heterocycles. The van der Waals surface area contributed by atoms with Gasteiger partial charge in [0.25, 0.3) is 0 Å². The fraction of sp³-hybridized carbons (Fsp3) is 0.370. The van der Waals surface area contributed by atoms with Crippen LogP contribution in [0.5, 0.6) is 5.75 Å². The van der Waals surface area contributed by atoms with Crippen molar-refractivity contribution in [1.82, 2.24) is 20.1 Å². The van der Waals surface area contributed by atoms with Crippen molar-refractivity contribution < 1.29 is 5.11 Å². The van der Waals surface area contributed by atoms with Crippen molar-refractivity contribution in [2.24, 2.45) is 0 Å². The van der Waals surface area contributed by atoms with E-state index < -0.39 is 0 Å². The molecule has 0 bridgehead atoms. The monoisotopic (exact) mass is 471 g/mol. The minimum absolute atomic E-state index is 0.160. The van der Waals surface area contributed by atoms with Crippen molar-refractivity contribution in [3.63, 3.8) is 0 Å². The number of pyridine rings is 1. The second-order valence-electron chi connectivity index (χ2n) is 9.14. The second-order valence-corrected chi connectivity index (χ2v) is 9.14. The lowest BCUT2D eigenvalue weighted by atomic mass is 10.1. The van der Waals surface area contributed by atoms with Gasteiger partial charge in [-0.25, -0.2) is 4.98 Å². The first-order valence-corrected chi connectivity index (χ1v) is 11.9. The summed E-state index contributed by atoms with van der Waals surface area (Å²) in [7, 11) is 4.04. The number of phenolic OH excluding ortho intramolecular Hbond substituents is 1. The van der Waals surface area contributed by atoms with Gasteiger partial charge in [-0.1, -0.05) is 18.1 Å². The van der Waals surface area contributed by atoms with E-state index in [2.05, 4.69) is 61.6 Å². The highest BCUT2D eigenvalue weighted by Gasteiger charge is 2.24. The minimum atomic E-state index is 0.160. The molecule has 0 amide bonds. The van der Waals surface area contributed by atoms with Crippen LogP contribution in [-0.2, 0) is 0 Å². The molecule has 1 saturated heterocycles. The zero-order valence-electron chi connectivity index (χ0n) is 20.8. The van der Waals surface area contributed by atoms with E-state index in [1.165, 1.54) is 0 Å². The SMILES string of the molecule is C[C@H](C#Cc1cc(N2CCN(c3cc(-c4ccccc4O)nnc3N)CC[C@@H]2C)ccn1)N(C)C. The van der Waals surface area contributed by atoms with Gasteiger partial charge in [-0.2, -0.15) is 0 Å². The molecule has 3 heterocycles. The Kier molecular flexibility index (Phi) is 7.37. The average molecular weight is 472 g/mol. The molecule has 0 unspecified atom stereocenters. The second kappa shape index (κ2) is 10.6. The molecule has 1 aliphatic heterocycles. The van der Waals surface area contributed by atoms with E-state index in [0.717, 1.165) is 43.1 Å². The van der Waals surface area contributed by atoms with Crippen LogP contribution in [0.3, 0.4) is 0 Å². The first-order valence-electron chi connectivity index (χ1n) is 11.9. The Morgan fingerprint density at radius 3 is 2.69 bits per heavy atom. The third kappa shape index (κ3) is 5.64. The summed E-state index contributed by atoms with van der Waals surface area (Å²) in [4.78, 5) is 11.2. The number of hydrogen-bond acceptors (Lipinski definition) is 8. The number of anilines is 3. The molecule has 0 saturated carbocycles. The van der Waals surface area contributed by atoms with Gasteiger partial charge in [0.2, 0.25) is 0 Å². The molecule has 0 aliphatic carbocycles. The fourth-order valence-electron chi connectivity index (χ4n) is 4.12. The van der Waals surface area contributed by atoms with Gasteiger partial charge < -0.3 is 20.6 Å². The van der Waals surface area contributed by atoms with Crippen molar-refractivity contribution in [1.29, 1.82) is 0 Å². The summed E-state index contributed by atoms with van der Waals surface area (Å²) in [6.45, 7) is 6.75. The normalized spacial score (nSPS) is 17.0. The van der Waals surface area contributed by atoms with Gasteiger partial charge in [0, 0.05) is 43.1 Å². The quantitative estimate of drug-likeness (QED) is 0.560. The molecule has 0 spiro atoms. The zero-order chi connectivity index (χ0) is 24.9. The Morgan fingerprint density at radius 1 is 1.11 bits per heavy atom. The molecule has 4 rings (SSSR count). The molecule has 35 heavy (non-hydrogen) atoms. The third-order valence-electron chi connectivity index (χ3n) is 6.54. The lowest BCUT2D eigenvalue weighted by Crippen LogP contribution is -2.35. The maximum absolute atomic E-state index is 10.3. The summed E-state index contributed by atoms with van der Waals surface area (Å²) < 4.78 is 0. The van der Waals surface area contributed by atoms with Crippen LogP contribution in [0.2, 0.25) is 0 Å². The topological polar surface area (TPSA) is 94.6 Å². The summed E-state index contributed by atoms with van der Waals surface area (Å²) >= 11 is 0. The molecule has 3 N–H and O–H groups in total. The van der Waals surface area contributed by atoms with Crippen molar-refractivity contribution in [2.75, 3.05) is 49.3 Å². The first-order chi connectivity index (χ1) is 16.8. The Labute approximate surface area is 207 Å². The number of aromatic hydroxyl groups is 1. The lowest BCUT2D eigenvalue weighted by molar-refractivity contribution is 0.373. The van der Waals surface area contributed by atoms with Gasteiger partial charge in [-0.15, -0.1) is 10.2 Å². The number of rotatable bonds is 4. The van der Waals surface area contributed by atoms with Crippen LogP contribution >= 0.6 is 0 Å². The summed E-state index contributed by atoms with van der Waals surface area (Å²) in [5, 5.41) is 18.7. The smallest absolute Gasteiger partial charge is 0.169 e. The molecule has 1 aromatic carbocycles. The van der Waals surface area contributed by atoms with E-state index in [0.29, 0.717) is 23.1 Å². The van der Waals surface area contributed by atoms with Crippen LogP contribution in [0.1, 0.15) is 26.0 Å². The molecule has 8 heteroatoms. The molecule has 3 aromatic rings. The summed E-state index contributed by atoms with van der Waals surface area (Å²) in [5.41, 5.74) is 10.2. The van der Waals surface area contributed by atoms with Gasteiger partial charge in [0.05, 0.1) is 17.4 Å². The van der Waals surface area contributed by atoms with Crippen LogP contribution in [-0.4, -0.2) is 71.0 Å². The number of phenols is 1. The molecular weight excluding hydrogens is 438 g/mol. The number of aromatic nitrogens is 3. The number of nitrogens with two attached hydrogens (primary N) is 1. The van der Waals surface area contributed by atoms with E-state index in [1.54, 1.807) is 12.1 Å². The molecule has 182 valence electrons. The van der Waals surface area contributed by atoms with Crippen LogP contribution < -0.4 is 15.5 Å². The molecular formula is C27H33N7O. The Balaban J connectivity index is 1.55. The number of nitrogens with zero attached hydrogens (tertiary/aromatic N) is 6. The van der Waals surface area contributed by atoms with Crippen LogP contribution in [0.25, 0.3) is 11.3 Å². The van der Waals surface area contributed by atoms with E-state index in [9.17, 15) is 5.11 Å². The maximum Gasteiger partial charge on any atom is 0.169 e. The standard InChI is InChI=1S/C27H33N7O/c1-19(32(3)4)9-10-21-17-22(11-13-29-21)34-16-15-33(14-12-20(34)2)25-18-24(30-31-27(25)28)23-7-5-6-8-26(23)35/h5-8,11,13,17-20,35H,12,14-16H2,1-4H3,(H2,28,31)/t19-,20+/m1/s1. The number of para-hydroxylation sites is 1. The predicted octanol–water partition coefficient (Wildman–Crippen LogP) is 3.23. The number of benzene rings is 1. The summed E-state index contributed by atoms with van der Waals surface area (Å²) in [6, 6.07) is 13.7. The molecule has 0 radical (unpaired) electrons. The Morgan fingerprint density at radius 2 is 1.91 bits per heavy atom. The summed E-state index contributed by atoms with van der Waals surface area (Å²) in [6.07, 6.45) is 2.78. The van der Waals surface area contributed by atoms with Crippen molar-refractivity contribution in [2.45, 2.75) is 32.4 Å². The molecule has 1 fully saturated rings. The van der Waals surface area contributed by atoms with Gasteiger partial charge >= 0.3 is 0 Å². The first kappa shape index (κ1) is 24.3. The van der Waals surface area contributed by atoms with Gasteiger partial charge in [-0.3, -0.25) is 4.90 Å². The van der Waals surface area contributed by atoms with Crippen LogP contribution in [0.15, 0.2) is 48.7 Å². The number of nitrogen functional groups attached to an aromatic ring is 1. The third-order valence-corrected chi connectivity index (χ3v) is 6.54. The minimum Gasteiger partial charge on any atom is -0.507 e. The maximum atomic E-state index is 10.3. The van der Waals surface area contributed by atoms with Crippen molar-refractivity contribution >= 4 is 17.2 Å². The van der Waals surface area contributed by atoms with E-state index in [4.69, 9.17) is 5.73 Å². The largest absolute Gasteiger partial charge is 0.507 e.